The van der Waals surface area contributed by atoms with Gasteiger partial charge in [-0.2, -0.15) is 0 Å². The van der Waals surface area contributed by atoms with E-state index >= 15 is 0 Å². The molecule has 1 aromatic carbocycles. The minimum atomic E-state index is -0.0457. The highest BCUT2D eigenvalue weighted by molar-refractivity contribution is 5.94. The molecule has 1 aromatic rings. The maximum Gasteiger partial charge on any atom is 0.251 e. The number of nitrogen functional groups attached to an aromatic ring is 1. The number of amides is 1. The monoisotopic (exact) mass is 263 g/mol. The lowest BCUT2D eigenvalue weighted by Crippen LogP contribution is -2.41. The van der Waals surface area contributed by atoms with Gasteiger partial charge in [-0.05, 0) is 50.7 Å². The number of carbonyl (C=O) groups is 1. The number of carbonyl (C=O) groups excluding carboxylic acids is 1. The second kappa shape index (κ2) is 7.14. The van der Waals surface area contributed by atoms with Gasteiger partial charge in [0.05, 0.1) is 0 Å². The zero-order valence-electron chi connectivity index (χ0n) is 12.3. The normalized spacial score (nSPS) is 12.7. The summed E-state index contributed by atoms with van der Waals surface area (Å²) >= 11 is 0. The fourth-order valence-corrected chi connectivity index (χ4v) is 1.97. The molecule has 1 unspecified atom stereocenters. The summed E-state index contributed by atoms with van der Waals surface area (Å²) in [5, 5.41) is 2.98. The zero-order valence-corrected chi connectivity index (χ0v) is 12.3. The number of nitrogens with zero attached hydrogens (tertiary/aromatic N) is 1. The van der Waals surface area contributed by atoms with Gasteiger partial charge in [0, 0.05) is 23.8 Å². The lowest BCUT2D eigenvalue weighted by atomic mass is 10.0. The van der Waals surface area contributed by atoms with Crippen LogP contribution in [0.25, 0.3) is 0 Å². The van der Waals surface area contributed by atoms with Gasteiger partial charge in [-0.15, -0.1) is 0 Å². The Bertz CT molecular complexity index is 398. The van der Waals surface area contributed by atoms with E-state index in [2.05, 4.69) is 24.1 Å². The third-order valence-electron chi connectivity index (χ3n) is 3.14. The van der Waals surface area contributed by atoms with E-state index in [4.69, 9.17) is 5.73 Å². The lowest BCUT2D eigenvalue weighted by Gasteiger charge is -2.26. The minimum Gasteiger partial charge on any atom is -0.399 e. The van der Waals surface area contributed by atoms with Gasteiger partial charge in [0.15, 0.2) is 0 Å². The van der Waals surface area contributed by atoms with E-state index in [1.54, 1.807) is 24.3 Å². The van der Waals surface area contributed by atoms with Crippen molar-refractivity contribution in [2.75, 3.05) is 26.4 Å². The highest BCUT2D eigenvalue weighted by Gasteiger charge is 2.15. The molecule has 4 heteroatoms. The molecular weight excluding hydrogens is 238 g/mol. The van der Waals surface area contributed by atoms with Crippen molar-refractivity contribution in [1.29, 1.82) is 0 Å². The van der Waals surface area contributed by atoms with Gasteiger partial charge in [-0.1, -0.05) is 13.8 Å². The first-order valence-electron chi connectivity index (χ1n) is 6.70. The predicted octanol–water partition coefficient (Wildman–Crippen LogP) is 1.97. The first-order chi connectivity index (χ1) is 8.90. The second-order valence-corrected chi connectivity index (χ2v) is 5.58. The van der Waals surface area contributed by atoms with Crippen LogP contribution in [0.2, 0.25) is 0 Å². The van der Waals surface area contributed by atoms with E-state index in [0.717, 1.165) is 6.42 Å². The van der Waals surface area contributed by atoms with E-state index < -0.39 is 0 Å². The van der Waals surface area contributed by atoms with Crippen LogP contribution < -0.4 is 11.1 Å². The molecule has 0 aliphatic heterocycles. The van der Waals surface area contributed by atoms with Gasteiger partial charge < -0.3 is 16.0 Å². The van der Waals surface area contributed by atoms with Gasteiger partial charge in [-0.3, -0.25) is 4.79 Å². The molecule has 0 aliphatic rings. The minimum absolute atomic E-state index is 0.0457. The Morgan fingerprint density at radius 3 is 2.32 bits per heavy atom. The van der Waals surface area contributed by atoms with Crippen molar-refractivity contribution in [2.24, 2.45) is 5.92 Å². The number of anilines is 1. The summed E-state index contributed by atoms with van der Waals surface area (Å²) in [6.07, 6.45) is 1.06. The van der Waals surface area contributed by atoms with Gasteiger partial charge in [0.25, 0.3) is 5.91 Å². The number of likely N-dealkylation sites (N-methyl/N-ethyl adjacent to an activating group) is 1. The first kappa shape index (κ1) is 15.5. The van der Waals surface area contributed by atoms with Gasteiger partial charge in [0.2, 0.25) is 0 Å². The predicted molar refractivity (Wildman–Crippen MR) is 80.1 cm³/mol. The maximum atomic E-state index is 12.0. The average Bonchev–Trinajstić information content (AvgIpc) is 2.34. The van der Waals surface area contributed by atoms with Crippen LogP contribution in [0, 0.1) is 5.92 Å². The molecule has 0 radical (unpaired) electrons. The van der Waals surface area contributed by atoms with Crippen molar-refractivity contribution >= 4 is 11.6 Å². The zero-order chi connectivity index (χ0) is 14.4. The Morgan fingerprint density at radius 2 is 1.84 bits per heavy atom. The Balaban J connectivity index is 2.54. The highest BCUT2D eigenvalue weighted by Crippen LogP contribution is 2.09. The Hall–Kier alpha value is -1.55. The van der Waals surface area contributed by atoms with E-state index in [9.17, 15) is 4.79 Å². The van der Waals surface area contributed by atoms with Crippen LogP contribution in [-0.4, -0.2) is 37.5 Å². The Labute approximate surface area is 116 Å². The standard InChI is InChI=1S/C15H25N3O/c1-11(2)9-14(18(3)4)10-17-15(19)12-5-7-13(16)8-6-12/h5-8,11,14H,9-10,16H2,1-4H3,(H,17,19). The lowest BCUT2D eigenvalue weighted by molar-refractivity contribution is 0.0938. The van der Waals surface area contributed by atoms with Crippen molar-refractivity contribution in [3.63, 3.8) is 0 Å². The fraction of sp³-hybridized carbons (Fsp3) is 0.533. The van der Waals surface area contributed by atoms with E-state index in [1.807, 2.05) is 14.1 Å². The molecule has 1 amide bonds. The SMILES string of the molecule is CC(C)CC(CNC(=O)c1ccc(N)cc1)N(C)C. The molecule has 0 bridgehead atoms. The van der Waals surface area contributed by atoms with Crippen molar-refractivity contribution < 1.29 is 4.79 Å². The van der Waals surface area contributed by atoms with Gasteiger partial charge >= 0.3 is 0 Å². The molecule has 19 heavy (non-hydrogen) atoms. The van der Waals surface area contributed by atoms with Crippen LogP contribution in [0.15, 0.2) is 24.3 Å². The van der Waals surface area contributed by atoms with Crippen LogP contribution in [0.5, 0.6) is 0 Å². The summed E-state index contributed by atoms with van der Waals surface area (Å²) in [6, 6.07) is 7.34. The highest BCUT2D eigenvalue weighted by atomic mass is 16.1. The van der Waals surface area contributed by atoms with Crippen LogP contribution in [0.3, 0.4) is 0 Å². The number of benzene rings is 1. The smallest absolute Gasteiger partial charge is 0.251 e. The van der Waals surface area contributed by atoms with Gasteiger partial charge in [-0.25, -0.2) is 0 Å². The Kier molecular flexibility index (Phi) is 5.83. The molecule has 0 aliphatic carbocycles. The largest absolute Gasteiger partial charge is 0.399 e. The van der Waals surface area contributed by atoms with E-state index in [-0.39, 0.29) is 5.91 Å². The third-order valence-corrected chi connectivity index (χ3v) is 3.14. The molecule has 106 valence electrons. The van der Waals surface area contributed by atoms with Crippen molar-refractivity contribution in [1.82, 2.24) is 10.2 Å². The Morgan fingerprint density at radius 1 is 1.26 bits per heavy atom. The number of nitrogens with two attached hydrogens (primary N) is 1. The molecule has 0 fully saturated rings. The number of rotatable bonds is 6. The fourth-order valence-electron chi connectivity index (χ4n) is 1.97. The summed E-state index contributed by atoms with van der Waals surface area (Å²) < 4.78 is 0. The molecule has 3 N–H and O–H groups in total. The molecule has 4 nitrogen and oxygen atoms in total. The summed E-state index contributed by atoms with van der Waals surface area (Å²) in [5.74, 6) is 0.566. The van der Waals surface area contributed by atoms with Crippen molar-refractivity contribution in [3.8, 4) is 0 Å². The second-order valence-electron chi connectivity index (χ2n) is 5.58. The molecule has 0 aromatic heterocycles. The summed E-state index contributed by atoms with van der Waals surface area (Å²) in [6.45, 7) is 5.05. The molecule has 0 heterocycles. The molecular formula is C15H25N3O. The average molecular weight is 263 g/mol. The van der Waals surface area contributed by atoms with E-state index in [0.29, 0.717) is 29.8 Å². The van der Waals surface area contributed by atoms with E-state index in [1.165, 1.54) is 0 Å². The summed E-state index contributed by atoms with van der Waals surface area (Å²) in [7, 11) is 4.09. The van der Waals surface area contributed by atoms with Crippen LogP contribution in [0.1, 0.15) is 30.6 Å². The van der Waals surface area contributed by atoms with Crippen LogP contribution in [0.4, 0.5) is 5.69 Å². The quantitative estimate of drug-likeness (QED) is 0.772. The maximum absolute atomic E-state index is 12.0. The number of hydrogen-bond donors (Lipinski definition) is 2. The van der Waals surface area contributed by atoms with Crippen molar-refractivity contribution in [2.45, 2.75) is 26.3 Å². The summed E-state index contributed by atoms with van der Waals surface area (Å²) in [5.41, 5.74) is 6.92. The molecule has 1 rings (SSSR count). The third kappa shape index (κ3) is 5.30. The van der Waals surface area contributed by atoms with Crippen molar-refractivity contribution in [3.05, 3.63) is 29.8 Å². The van der Waals surface area contributed by atoms with Gasteiger partial charge in [0.1, 0.15) is 0 Å². The summed E-state index contributed by atoms with van der Waals surface area (Å²) in [4.78, 5) is 14.2. The first-order valence-corrected chi connectivity index (χ1v) is 6.70. The molecule has 1 atom stereocenters. The topological polar surface area (TPSA) is 58.4 Å². The number of hydrogen-bond acceptors (Lipinski definition) is 3. The van der Waals surface area contributed by atoms with Crippen LogP contribution in [-0.2, 0) is 0 Å². The van der Waals surface area contributed by atoms with Crippen LogP contribution >= 0.6 is 0 Å². The molecule has 0 saturated heterocycles. The molecule has 0 saturated carbocycles. The number of nitrogens with one attached hydrogen (secondary N) is 1. The molecule has 0 spiro atoms.